The van der Waals surface area contributed by atoms with Crippen LogP contribution in [-0.2, 0) is 6.42 Å². The lowest BCUT2D eigenvalue weighted by atomic mass is 9.91. The Morgan fingerprint density at radius 1 is 1.34 bits per heavy atom. The smallest absolute Gasteiger partial charge is 0.255 e. The molecule has 0 aromatic carbocycles. The van der Waals surface area contributed by atoms with E-state index in [1.165, 1.54) is 5.56 Å². The molecule has 9 nitrogen and oxygen atoms in total. The Morgan fingerprint density at radius 3 is 3.06 bits per heavy atom. The van der Waals surface area contributed by atoms with E-state index in [4.69, 9.17) is 5.73 Å². The molecule has 1 aliphatic rings. The summed E-state index contributed by atoms with van der Waals surface area (Å²) in [6, 6.07) is 6.15. The number of rotatable bonds is 5. The van der Waals surface area contributed by atoms with Crippen molar-refractivity contribution in [1.29, 1.82) is 0 Å². The first-order chi connectivity index (χ1) is 15.5. The van der Waals surface area contributed by atoms with Gasteiger partial charge >= 0.3 is 0 Å². The maximum absolute atomic E-state index is 12.9. The predicted molar refractivity (Wildman–Crippen MR) is 121 cm³/mol. The third kappa shape index (κ3) is 3.59. The van der Waals surface area contributed by atoms with Crippen molar-refractivity contribution >= 4 is 17.5 Å². The Balaban J connectivity index is 1.54. The summed E-state index contributed by atoms with van der Waals surface area (Å²) >= 11 is 0. The molecule has 0 saturated heterocycles. The Bertz CT molecular complexity index is 1290. The average Bonchev–Trinajstić information content (AvgIpc) is 3.44. The molecule has 0 aliphatic heterocycles. The fourth-order valence-electron chi connectivity index (χ4n) is 4.24. The summed E-state index contributed by atoms with van der Waals surface area (Å²) in [4.78, 5) is 21.7. The highest BCUT2D eigenvalue weighted by molar-refractivity contribution is 6.01. The molecule has 2 atom stereocenters. The molecule has 9 heteroatoms. The largest absolute Gasteiger partial charge is 0.366 e. The van der Waals surface area contributed by atoms with Crippen molar-refractivity contribution in [1.82, 2.24) is 34.7 Å². The number of aromatic nitrogens is 6. The van der Waals surface area contributed by atoms with Crippen LogP contribution in [0.3, 0.4) is 0 Å². The van der Waals surface area contributed by atoms with E-state index in [1.54, 1.807) is 4.52 Å². The van der Waals surface area contributed by atoms with E-state index in [0.29, 0.717) is 11.2 Å². The van der Waals surface area contributed by atoms with E-state index in [2.05, 4.69) is 31.5 Å². The van der Waals surface area contributed by atoms with E-state index in [9.17, 15) is 4.79 Å². The van der Waals surface area contributed by atoms with Crippen LogP contribution in [0.2, 0.25) is 0 Å². The summed E-state index contributed by atoms with van der Waals surface area (Å²) in [7, 11) is 0. The summed E-state index contributed by atoms with van der Waals surface area (Å²) in [6.45, 7) is 4.00. The number of nitrogen functional groups attached to an aromatic ring is 1. The molecule has 0 bridgehead atoms. The maximum atomic E-state index is 12.9. The first kappa shape index (κ1) is 20.2. The quantitative estimate of drug-likeness (QED) is 0.503. The standard InChI is InChI=1S/C23H26N8O/c1-3-14(2)27-22(32)18-10-15(12-31-21(18)28-23(24)29-31)16-11-26-30(13-16)20-8-4-7-19-17(20)6-5-9-25-19/h5-6,9-14,20H,3-4,7-8H2,1-2H3,(H2,24,29)(H,27,32). The number of pyridine rings is 2. The number of carbonyl (C=O) groups excluding carboxylic acids is 1. The average molecular weight is 431 g/mol. The molecule has 0 fully saturated rings. The number of hydrogen-bond donors (Lipinski definition) is 2. The van der Waals surface area contributed by atoms with E-state index < -0.39 is 0 Å². The summed E-state index contributed by atoms with van der Waals surface area (Å²) in [5, 5.41) is 11.9. The Kier molecular flexibility index (Phi) is 5.08. The first-order valence-corrected chi connectivity index (χ1v) is 11.0. The molecule has 4 aromatic heterocycles. The molecule has 1 aliphatic carbocycles. The number of nitrogens with zero attached hydrogens (tertiary/aromatic N) is 6. The van der Waals surface area contributed by atoms with Crippen LogP contribution in [0.1, 0.15) is 60.8 Å². The molecule has 32 heavy (non-hydrogen) atoms. The Hall–Kier alpha value is -3.75. The number of carbonyl (C=O) groups is 1. The fraction of sp³-hybridized carbons (Fsp3) is 0.348. The van der Waals surface area contributed by atoms with Crippen molar-refractivity contribution < 1.29 is 4.79 Å². The second-order valence-electron chi connectivity index (χ2n) is 8.32. The zero-order valence-electron chi connectivity index (χ0n) is 18.2. The molecular formula is C23H26N8O. The number of fused-ring (bicyclic) bond motifs is 2. The van der Waals surface area contributed by atoms with E-state index in [1.807, 2.05) is 55.4 Å². The molecule has 1 amide bonds. The fourth-order valence-corrected chi connectivity index (χ4v) is 4.24. The molecule has 5 rings (SSSR count). The van der Waals surface area contributed by atoms with E-state index in [-0.39, 0.29) is 23.9 Å². The summed E-state index contributed by atoms with van der Waals surface area (Å²) in [5.74, 6) is -0.0694. The van der Waals surface area contributed by atoms with Gasteiger partial charge in [-0.25, -0.2) is 4.52 Å². The minimum absolute atomic E-state index is 0.0502. The zero-order chi connectivity index (χ0) is 22.2. The minimum atomic E-state index is -0.196. The van der Waals surface area contributed by atoms with Gasteiger partial charge in [0.25, 0.3) is 5.91 Å². The molecule has 4 heterocycles. The van der Waals surface area contributed by atoms with Gasteiger partial charge in [0.15, 0.2) is 5.65 Å². The molecule has 164 valence electrons. The van der Waals surface area contributed by atoms with Gasteiger partial charge < -0.3 is 11.1 Å². The normalized spacial score (nSPS) is 16.6. The first-order valence-electron chi connectivity index (χ1n) is 11.0. The van der Waals surface area contributed by atoms with Crippen molar-refractivity contribution in [2.45, 2.75) is 51.6 Å². The highest BCUT2D eigenvalue weighted by Crippen LogP contribution is 2.32. The van der Waals surface area contributed by atoms with Gasteiger partial charge in [-0.15, -0.1) is 5.10 Å². The second kappa shape index (κ2) is 8.07. The summed E-state index contributed by atoms with van der Waals surface area (Å²) in [6.07, 6.45) is 11.4. The van der Waals surface area contributed by atoms with Gasteiger partial charge in [0.05, 0.1) is 17.8 Å². The van der Waals surface area contributed by atoms with Crippen molar-refractivity contribution in [2.24, 2.45) is 0 Å². The Morgan fingerprint density at radius 2 is 2.22 bits per heavy atom. The number of nitrogens with two attached hydrogens (primary N) is 1. The second-order valence-corrected chi connectivity index (χ2v) is 8.32. The van der Waals surface area contributed by atoms with Crippen LogP contribution in [0, 0.1) is 0 Å². The molecule has 2 unspecified atom stereocenters. The van der Waals surface area contributed by atoms with Crippen LogP contribution >= 0.6 is 0 Å². The van der Waals surface area contributed by atoms with Gasteiger partial charge in [0.1, 0.15) is 0 Å². The van der Waals surface area contributed by atoms with Crippen LogP contribution in [0.15, 0.2) is 43.0 Å². The van der Waals surface area contributed by atoms with Crippen molar-refractivity contribution in [3.05, 3.63) is 59.8 Å². The topological polar surface area (TPSA) is 116 Å². The summed E-state index contributed by atoms with van der Waals surface area (Å²) in [5.41, 5.74) is 10.8. The zero-order valence-corrected chi connectivity index (χ0v) is 18.2. The highest BCUT2D eigenvalue weighted by Gasteiger charge is 2.24. The minimum Gasteiger partial charge on any atom is -0.366 e. The lowest BCUT2D eigenvalue weighted by molar-refractivity contribution is 0.0940. The molecule has 3 N–H and O–H groups in total. The lowest BCUT2D eigenvalue weighted by Gasteiger charge is -2.24. The predicted octanol–water partition coefficient (Wildman–Crippen LogP) is 3.02. The molecule has 0 saturated carbocycles. The van der Waals surface area contributed by atoms with Gasteiger partial charge in [-0.05, 0) is 50.3 Å². The number of hydrogen-bond acceptors (Lipinski definition) is 6. The number of anilines is 1. The number of aryl methyl sites for hydroxylation is 1. The van der Waals surface area contributed by atoms with Gasteiger partial charge in [-0.2, -0.15) is 10.1 Å². The van der Waals surface area contributed by atoms with E-state index >= 15 is 0 Å². The van der Waals surface area contributed by atoms with Crippen LogP contribution in [0.25, 0.3) is 16.8 Å². The Labute approximate surface area is 185 Å². The van der Waals surface area contributed by atoms with Crippen molar-refractivity contribution in [3.63, 3.8) is 0 Å². The van der Waals surface area contributed by atoms with Crippen LogP contribution in [-0.4, -0.2) is 41.3 Å². The van der Waals surface area contributed by atoms with Gasteiger partial charge in [-0.3, -0.25) is 14.5 Å². The van der Waals surface area contributed by atoms with Crippen LogP contribution in [0.4, 0.5) is 5.95 Å². The van der Waals surface area contributed by atoms with E-state index in [0.717, 1.165) is 42.5 Å². The highest BCUT2D eigenvalue weighted by atomic mass is 16.1. The monoisotopic (exact) mass is 430 g/mol. The lowest BCUT2D eigenvalue weighted by Crippen LogP contribution is -2.32. The van der Waals surface area contributed by atoms with Crippen molar-refractivity contribution in [3.8, 4) is 11.1 Å². The van der Waals surface area contributed by atoms with Crippen molar-refractivity contribution in [2.75, 3.05) is 5.73 Å². The molecule has 4 aromatic rings. The van der Waals surface area contributed by atoms with Gasteiger partial charge in [0, 0.05) is 41.5 Å². The number of amides is 1. The van der Waals surface area contributed by atoms with Crippen LogP contribution < -0.4 is 11.1 Å². The number of nitrogens with one attached hydrogen (secondary N) is 1. The van der Waals surface area contributed by atoms with Crippen LogP contribution in [0.5, 0.6) is 0 Å². The van der Waals surface area contributed by atoms with Gasteiger partial charge in [-0.1, -0.05) is 13.0 Å². The molecule has 0 spiro atoms. The SMILES string of the molecule is CCC(C)NC(=O)c1cc(-c2cnn(C3CCCc4ncccc43)c2)cn2nc(N)nc12. The van der Waals surface area contributed by atoms with Gasteiger partial charge in [0.2, 0.25) is 5.95 Å². The summed E-state index contributed by atoms with van der Waals surface area (Å²) < 4.78 is 3.56. The molecule has 0 radical (unpaired) electrons. The third-order valence-electron chi connectivity index (χ3n) is 6.11. The molecular weight excluding hydrogens is 404 g/mol. The maximum Gasteiger partial charge on any atom is 0.255 e. The third-order valence-corrected chi connectivity index (χ3v) is 6.11.